The number of hydrogen-bond acceptors (Lipinski definition) is 4. The molecule has 5 heteroatoms. The lowest BCUT2D eigenvalue weighted by atomic mass is 9.93. The fourth-order valence-electron chi connectivity index (χ4n) is 3.10. The summed E-state index contributed by atoms with van der Waals surface area (Å²) in [7, 11) is 0. The maximum Gasteiger partial charge on any atom is 0.226 e. The zero-order valence-corrected chi connectivity index (χ0v) is 11.9. The fraction of sp³-hybridized carbons (Fsp3) is 0.667. The number of rotatable bonds is 3. The Morgan fingerprint density at radius 2 is 2.35 bits per heavy atom. The molecule has 0 radical (unpaired) electrons. The quantitative estimate of drug-likeness (QED) is 0.796. The summed E-state index contributed by atoms with van der Waals surface area (Å²) < 4.78 is 5.19. The van der Waals surface area contributed by atoms with Crippen LogP contribution in [0.25, 0.3) is 0 Å². The van der Waals surface area contributed by atoms with Crippen molar-refractivity contribution in [3.8, 4) is 0 Å². The van der Waals surface area contributed by atoms with E-state index in [0.717, 1.165) is 45.1 Å². The predicted molar refractivity (Wildman–Crippen MR) is 73.8 cm³/mol. The summed E-state index contributed by atoms with van der Waals surface area (Å²) in [5.74, 6) is 1.73. The first-order valence-electron chi connectivity index (χ1n) is 7.57. The van der Waals surface area contributed by atoms with Gasteiger partial charge < -0.3 is 9.42 Å². The zero-order valence-electron chi connectivity index (χ0n) is 11.9. The molecule has 1 aromatic rings. The van der Waals surface area contributed by atoms with E-state index in [9.17, 15) is 4.79 Å². The summed E-state index contributed by atoms with van der Waals surface area (Å²) in [6, 6.07) is 0.0115. The molecular formula is C15H21N3O2. The van der Waals surface area contributed by atoms with E-state index in [0.29, 0.717) is 11.7 Å². The number of amides is 1. The van der Waals surface area contributed by atoms with E-state index in [2.05, 4.69) is 22.3 Å². The second-order valence-corrected chi connectivity index (χ2v) is 5.57. The number of nitrogens with zero attached hydrogens (tertiary/aromatic N) is 3. The predicted octanol–water partition coefficient (Wildman–Crippen LogP) is 2.65. The topological polar surface area (TPSA) is 59.2 Å². The summed E-state index contributed by atoms with van der Waals surface area (Å²) >= 11 is 0. The zero-order chi connectivity index (χ0) is 13.9. The minimum atomic E-state index is 0.0115. The molecule has 20 heavy (non-hydrogen) atoms. The second kappa shape index (κ2) is 5.77. The van der Waals surface area contributed by atoms with Crippen molar-refractivity contribution in [1.82, 2.24) is 15.0 Å². The first-order valence-corrected chi connectivity index (χ1v) is 7.57. The van der Waals surface area contributed by atoms with Gasteiger partial charge in [0.25, 0.3) is 0 Å². The summed E-state index contributed by atoms with van der Waals surface area (Å²) in [6.45, 7) is 2.81. The lowest BCUT2D eigenvalue weighted by Crippen LogP contribution is -2.36. The van der Waals surface area contributed by atoms with Crippen LogP contribution in [-0.2, 0) is 11.2 Å². The Morgan fingerprint density at radius 3 is 3.05 bits per heavy atom. The van der Waals surface area contributed by atoms with Crippen molar-refractivity contribution in [3.63, 3.8) is 0 Å². The van der Waals surface area contributed by atoms with Crippen molar-refractivity contribution >= 4 is 5.91 Å². The Morgan fingerprint density at radius 1 is 1.45 bits per heavy atom. The second-order valence-electron chi connectivity index (χ2n) is 5.57. The average Bonchev–Trinajstić information content (AvgIpc) is 3.15. The van der Waals surface area contributed by atoms with Gasteiger partial charge in [0.05, 0.1) is 6.04 Å². The monoisotopic (exact) mass is 275 g/mol. The van der Waals surface area contributed by atoms with Gasteiger partial charge in [0.2, 0.25) is 11.8 Å². The highest BCUT2D eigenvalue weighted by atomic mass is 16.5. The maximum atomic E-state index is 12.7. The standard InChI is InChI=1S/C15H21N3O2/c1-2-13-16-14(17-20-13)12-9-6-10-18(12)15(19)11-7-4-3-5-8-11/h3-4,11-12H,2,5-10H2,1H3. The molecule has 0 bridgehead atoms. The maximum absolute atomic E-state index is 12.7. The molecule has 1 aliphatic carbocycles. The molecule has 2 heterocycles. The lowest BCUT2D eigenvalue weighted by Gasteiger charge is -2.27. The van der Waals surface area contributed by atoms with E-state index in [1.54, 1.807) is 0 Å². The van der Waals surface area contributed by atoms with Gasteiger partial charge in [-0.15, -0.1) is 0 Å². The third kappa shape index (κ3) is 2.49. The van der Waals surface area contributed by atoms with Crippen LogP contribution in [-0.4, -0.2) is 27.5 Å². The van der Waals surface area contributed by atoms with Gasteiger partial charge >= 0.3 is 0 Å². The normalized spacial score (nSPS) is 26.1. The van der Waals surface area contributed by atoms with E-state index in [1.807, 2.05) is 11.8 Å². The van der Waals surface area contributed by atoms with Crippen LogP contribution in [0.3, 0.4) is 0 Å². The number of aromatic nitrogens is 2. The van der Waals surface area contributed by atoms with Crippen LogP contribution in [0, 0.1) is 5.92 Å². The Labute approximate surface area is 119 Å². The van der Waals surface area contributed by atoms with Crippen LogP contribution in [0.4, 0.5) is 0 Å². The molecule has 1 aliphatic heterocycles. The van der Waals surface area contributed by atoms with Crippen molar-refractivity contribution < 1.29 is 9.32 Å². The molecule has 1 amide bonds. The van der Waals surface area contributed by atoms with E-state index in [-0.39, 0.29) is 17.9 Å². The number of hydrogen-bond donors (Lipinski definition) is 0. The molecule has 0 N–H and O–H groups in total. The molecule has 1 fully saturated rings. The van der Waals surface area contributed by atoms with E-state index < -0.39 is 0 Å². The fourth-order valence-corrected chi connectivity index (χ4v) is 3.10. The van der Waals surface area contributed by atoms with Crippen molar-refractivity contribution in [2.45, 2.75) is 51.5 Å². The molecule has 1 saturated heterocycles. The van der Waals surface area contributed by atoms with E-state index in [4.69, 9.17) is 4.52 Å². The number of carbonyl (C=O) groups excluding carboxylic acids is 1. The van der Waals surface area contributed by atoms with Gasteiger partial charge in [-0.05, 0) is 32.1 Å². The SMILES string of the molecule is CCc1nc(C2CCCN2C(=O)C2CC=CCC2)no1. The van der Waals surface area contributed by atoms with Crippen LogP contribution >= 0.6 is 0 Å². The van der Waals surface area contributed by atoms with Crippen molar-refractivity contribution in [2.24, 2.45) is 5.92 Å². The van der Waals surface area contributed by atoms with Crippen LogP contribution in [0.2, 0.25) is 0 Å². The molecule has 2 aliphatic rings. The first kappa shape index (κ1) is 13.3. The van der Waals surface area contributed by atoms with Gasteiger partial charge in [-0.25, -0.2) is 0 Å². The van der Waals surface area contributed by atoms with Gasteiger partial charge in [0, 0.05) is 18.9 Å². The van der Waals surface area contributed by atoms with Crippen LogP contribution < -0.4 is 0 Å². The lowest BCUT2D eigenvalue weighted by molar-refractivity contribution is -0.136. The highest BCUT2D eigenvalue weighted by molar-refractivity contribution is 5.79. The number of likely N-dealkylation sites (tertiary alicyclic amines) is 1. The summed E-state index contributed by atoms with van der Waals surface area (Å²) in [5, 5.41) is 4.05. The molecule has 3 rings (SSSR count). The van der Waals surface area contributed by atoms with Crippen LogP contribution in [0.15, 0.2) is 16.7 Å². The summed E-state index contributed by atoms with van der Waals surface area (Å²) in [6.07, 6.45) is 9.84. The molecule has 0 aromatic carbocycles. The van der Waals surface area contributed by atoms with Crippen LogP contribution in [0.1, 0.15) is 56.8 Å². The Bertz CT molecular complexity index is 509. The first-order chi connectivity index (χ1) is 9.79. The average molecular weight is 275 g/mol. The minimum absolute atomic E-state index is 0.0115. The van der Waals surface area contributed by atoms with Gasteiger partial charge in [0.15, 0.2) is 5.82 Å². The highest BCUT2D eigenvalue weighted by Gasteiger charge is 2.36. The largest absolute Gasteiger partial charge is 0.339 e. The molecule has 108 valence electrons. The smallest absolute Gasteiger partial charge is 0.226 e. The number of carbonyl (C=O) groups is 1. The van der Waals surface area contributed by atoms with Gasteiger partial charge in [-0.1, -0.05) is 24.2 Å². The molecular weight excluding hydrogens is 254 g/mol. The molecule has 0 saturated carbocycles. The molecule has 2 unspecified atom stereocenters. The van der Waals surface area contributed by atoms with Crippen molar-refractivity contribution in [3.05, 3.63) is 23.9 Å². The number of aryl methyl sites for hydroxylation is 1. The van der Waals surface area contributed by atoms with Gasteiger partial charge in [-0.3, -0.25) is 4.79 Å². The Hall–Kier alpha value is -1.65. The Balaban J connectivity index is 1.74. The third-order valence-corrected chi connectivity index (χ3v) is 4.24. The molecule has 0 spiro atoms. The summed E-state index contributed by atoms with van der Waals surface area (Å²) in [5.41, 5.74) is 0. The molecule has 1 aromatic heterocycles. The Kier molecular flexibility index (Phi) is 3.85. The van der Waals surface area contributed by atoms with Crippen molar-refractivity contribution in [1.29, 1.82) is 0 Å². The van der Waals surface area contributed by atoms with Crippen LogP contribution in [0.5, 0.6) is 0 Å². The molecule has 5 nitrogen and oxygen atoms in total. The minimum Gasteiger partial charge on any atom is -0.339 e. The van der Waals surface area contributed by atoms with E-state index >= 15 is 0 Å². The van der Waals surface area contributed by atoms with E-state index in [1.165, 1.54) is 0 Å². The van der Waals surface area contributed by atoms with Crippen molar-refractivity contribution in [2.75, 3.05) is 6.54 Å². The molecule has 2 atom stereocenters. The highest BCUT2D eigenvalue weighted by Crippen LogP contribution is 2.33. The van der Waals surface area contributed by atoms with Gasteiger partial charge in [0.1, 0.15) is 0 Å². The third-order valence-electron chi connectivity index (χ3n) is 4.24. The number of allylic oxidation sites excluding steroid dienone is 2. The summed E-state index contributed by atoms with van der Waals surface area (Å²) in [4.78, 5) is 19.0. The van der Waals surface area contributed by atoms with Gasteiger partial charge in [-0.2, -0.15) is 4.98 Å².